The Balaban J connectivity index is 1.43. The quantitative estimate of drug-likeness (QED) is 0.499. The zero-order chi connectivity index (χ0) is 23.4. The first-order chi connectivity index (χ1) is 16.0. The Morgan fingerprint density at radius 1 is 1.24 bits per heavy atom. The second kappa shape index (κ2) is 9.97. The number of halogens is 1. The van der Waals surface area contributed by atoms with Gasteiger partial charge in [-0.2, -0.15) is 0 Å². The molecule has 1 aromatic carbocycles. The van der Waals surface area contributed by atoms with E-state index in [2.05, 4.69) is 20.3 Å². The molecule has 0 aliphatic carbocycles. The van der Waals surface area contributed by atoms with Crippen molar-refractivity contribution < 1.29 is 14.3 Å². The Kier molecular flexibility index (Phi) is 6.85. The molecule has 1 aliphatic rings. The fourth-order valence-electron chi connectivity index (χ4n) is 3.81. The highest BCUT2D eigenvalue weighted by molar-refractivity contribution is 6.29. The number of piperazine rings is 1. The van der Waals surface area contributed by atoms with Crippen LogP contribution >= 0.6 is 11.6 Å². The van der Waals surface area contributed by atoms with Crippen LogP contribution in [-0.2, 0) is 20.9 Å². The van der Waals surface area contributed by atoms with Crippen molar-refractivity contribution in [1.29, 1.82) is 0 Å². The predicted octanol–water partition coefficient (Wildman–Crippen LogP) is 1.56. The van der Waals surface area contributed by atoms with Gasteiger partial charge in [0.25, 0.3) is 0 Å². The number of fused-ring (bicyclic) bond motifs is 1. The first-order valence-electron chi connectivity index (χ1n) is 10.4. The van der Waals surface area contributed by atoms with Crippen LogP contribution in [0.4, 0.5) is 11.5 Å². The van der Waals surface area contributed by atoms with E-state index in [0.29, 0.717) is 36.3 Å². The monoisotopic (exact) mass is 469 g/mol. The van der Waals surface area contributed by atoms with Gasteiger partial charge in [0.05, 0.1) is 30.6 Å². The first kappa shape index (κ1) is 22.7. The SMILES string of the molecule is COC[C@H]1C(=O)N(Cc2ccc3c(N)ncnc3c2)CCN1C(=O)CNc1ccc(Cl)nc1. The van der Waals surface area contributed by atoms with Crippen LogP contribution in [0, 0.1) is 0 Å². The molecule has 1 fully saturated rings. The molecule has 0 unspecified atom stereocenters. The van der Waals surface area contributed by atoms with E-state index in [0.717, 1.165) is 16.5 Å². The van der Waals surface area contributed by atoms with Crippen molar-refractivity contribution in [3.8, 4) is 0 Å². The number of nitrogens with two attached hydrogens (primary N) is 1. The topological polar surface area (TPSA) is 127 Å². The molecule has 1 aliphatic heterocycles. The van der Waals surface area contributed by atoms with Crippen LogP contribution in [0.5, 0.6) is 0 Å². The maximum atomic E-state index is 13.2. The molecule has 0 spiro atoms. The van der Waals surface area contributed by atoms with Gasteiger partial charge in [0.15, 0.2) is 0 Å². The molecule has 2 aromatic heterocycles. The minimum Gasteiger partial charge on any atom is -0.383 e. The number of benzene rings is 1. The molecule has 0 bridgehead atoms. The van der Waals surface area contributed by atoms with Gasteiger partial charge in [0.1, 0.15) is 23.3 Å². The van der Waals surface area contributed by atoms with Gasteiger partial charge in [-0.05, 0) is 29.8 Å². The number of amides is 2. The van der Waals surface area contributed by atoms with Crippen LogP contribution < -0.4 is 11.1 Å². The van der Waals surface area contributed by atoms with Crippen LogP contribution in [0.15, 0.2) is 42.9 Å². The van der Waals surface area contributed by atoms with Crippen molar-refractivity contribution in [3.63, 3.8) is 0 Å². The van der Waals surface area contributed by atoms with E-state index in [1.54, 1.807) is 28.1 Å². The predicted molar refractivity (Wildman–Crippen MR) is 124 cm³/mol. The Labute approximate surface area is 195 Å². The molecule has 3 aromatic rings. The zero-order valence-electron chi connectivity index (χ0n) is 18.1. The molecule has 11 heteroatoms. The number of hydrogen-bond donors (Lipinski definition) is 2. The van der Waals surface area contributed by atoms with Gasteiger partial charge in [0.2, 0.25) is 11.8 Å². The number of rotatable bonds is 7. The maximum Gasteiger partial charge on any atom is 0.248 e. The molecule has 172 valence electrons. The smallest absolute Gasteiger partial charge is 0.248 e. The van der Waals surface area contributed by atoms with Crippen molar-refractivity contribution in [2.75, 3.05) is 44.4 Å². The minimum atomic E-state index is -0.695. The number of nitrogens with zero attached hydrogens (tertiary/aromatic N) is 5. The number of pyridine rings is 1. The van der Waals surface area contributed by atoms with E-state index in [4.69, 9.17) is 22.1 Å². The van der Waals surface area contributed by atoms with Crippen LogP contribution in [0.2, 0.25) is 5.15 Å². The molecule has 1 atom stereocenters. The average molecular weight is 470 g/mol. The number of aromatic nitrogens is 3. The van der Waals surface area contributed by atoms with E-state index in [1.165, 1.54) is 13.4 Å². The number of nitrogens with one attached hydrogen (secondary N) is 1. The Hall–Kier alpha value is -3.50. The molecule has 10 nitrogen and oxygen atoms in total. The highest BCUT2D eigenvalue weighted by Gasteiger charge is 2.37. The lowest BCUT2D eigenvalue weighted by Crippen LogP contribution is -2.60. The van der Waals surface area contributed by atoms with Crippen molar-refractivity contribution in [2.24, 2.45) is 0 Å². The lowest BCUT2D eigenvalue weighted by Gasteiger charge is -2.40. The van der Waals surface area contributed by atoms with Crippen LogP contribution in [0.25, 0.3) is 10.9 Å². The van der Waals surface area contributed by atoms with Gasteiger partial charge >= 0.3 is 0 Å². The third-order valence-corrected chi connectivity index (χ3v) is 5.73. The first-order valence-corrected chi connectivity index (χ1v) is 10.8. The van der Waals surface area contributed by atoms with E-state index in [1.807, 2.05) is 18.2 Å². The third kappa shape index (κ3) is 5.12. The molecule has 2 amide bonds. The molecule has 0 radical (unpaired) electrons. The lowest BCUT2D eigenvalue weighted by atomic mass is 10.1. The standard InChI is InChI=1S/C22H24ClN7O3/c1-33-12-18-22(32)29(11-14-2-4-16-17(8-14)27-13-28-21(16)24)6-7-30(18)20(31)10-25-15-3-5-19(23)26-9-15/h2-5,8-9,13,18,25H,6-7,10-12H2,1H3,(H2,24,27,28)/t18-/m0/s1. The molecule has 1 saturated heterocycles. The third-order valence-electron chi connectivity index (χ3n) is 5.50. The summed E-state index contributed by atoms with van der Waals surface area (Å²) in [6, 6.07) is 8.34. The number of ether oxygens (including phenoxy) is 1. The fraction of sp³-hybridized carbons (Fsp3) is 0.318. The molecule has 3 heterocycles. The number of methoxy groups -OCH3 is 1. The van der Waals surface area contributed by atoms with Crippen LogP contribution in [0.1, 0.15) is 5.56 Å². The largest absolute Gasteiger partial charge is 0.383 e. The summed E-state index contributed by atoms with van der Waals surface area (Å²) >= 11 is 5.79. The molecular weight excluding hydrogens is 446 g/mol. The van der Waals surface area contributed by atoms with E-state index < -0.39 is 6.04 Å². The highest BCUT2D eigenvalue weighted by atomic mass is 35.5. The van der Waals surface area contributed by atoms with Gasteiger partial charge in [-0.1, -0.05) is 17.7 Å². The van der Waals surface area contributed by atoms with Gasteiger partial charge in [0, 0.05) is 32.1 Å². The van der Waals surface area contributed by atoms with Gasteiger partial charge in [-0.3, -0.25) is 9.59 Å². The Bertz CT molecular complexity index is 1160. The van der Waals surface area contributed by atoms with E-state index in [9.17, 15) is 9.59 Å². The average Bonchev–Trinajstić information content (AvgIpc) is 2.81. The molecule has 33 heavy (non-hydrogen) atoms. The molecule has 4 rings (SSSR count). The second-order valence-corrected chi connectivity index (χ2v) is 8.04. The number of nitrogen functional groups attached to an aromatic ring is 1. The summed E-state index contributed by atoms with van der Waals surface area (Å²) in [4.78, 5) is 41.6. The Morgan fingerprint density at radius 3 is 2.85 bits per heavy atom. The number of carbonyl (C=O) groups excluding carboxylic acids is 2. The van der Waals surface area contributed by atoms with Gasteiger partial charge in [-0.15, -0.1) is 0 Å². The van der Waals surface area contributed by atoms with Crippen LogP contribution in [-0.4, -0.2) is 76.0 Å². The maximum absolute atomic E-state index is 13.2. The molecular formula is C22H24ClN7O3. The fourth-order valence-corrected chi connectivity index (χ4v) is 3.93. The summed E-state index contributed by atoms with van der Waals surface area (Å²) in [5, 5.41) is 4.16. The summed E-state index contributed by atoms with van der Waals surface area (Å²) in [6.45, 7) is 1.36. The van der Waals surface area contributed by atoms with Crippen molar-refractivity contribution in [3.05, 3.63) is 53.6 Å². The van der Waals surface area contributed by atoms with Crippen molar-refractivity contribution in [1.82, 2.24) is 24.8 Å². The summed E-state index contributed by atoms with van der Waals surface area (Å²) in [5.74, 6) is 0.0580. The summed E-state index contributed by atoms with van der Waals surface area (Å²) in [6.07, 6.45) is 2.97. The van der Waals surface area contributed by atoms with Crippen molar-refractivity contribution >= 4 is 45.8 Å². The number of anilines is 2. The van der Waals surface area contributed by atoms with Gasteiger partial charge in [-0.25, -0.2) is 15.0 Å². The summed E-state index contributed by atoms with van der Waals surface area (Å²) < 4.78 is 5.26. The molecule has 3 N–H and O–H groups in total. The summed E-state index contributed by atoms with van der Waals surface area (Å²) in [7, 11) is 1.51. The molecule has 0 saturated carbocycles. The number of hydrogen-bond acceptors (Lipinski definition) is 8. The minimum absolute atomic E-state index is 0.0304. The highest BCUT2D eigenvalue weighted by Crippen LogP contribution is 2.21. The van der Waals surface area contributed by atoms with Gasteiger partial charge < -0.3 is 25.6 Å². The van der Waals surface area contributed by atoms with E-state index in [-0.39, 0.29) is 25.0 Å². The Morgan fingerprint density at radius 2 is 2.09 bits per heavy atom. The normalized spacial score (nSPS) is 16.3. The lowest BCUT2D eigenvalue weighted by molar-refractivity contribution is -0.153. The van der Waals surface area contributed by atoms with Crippen LogP contribution in [0.3, 0.4) is 0 Å². The summed E-state index contributed by atoms with van der Waals surface area (Å²) in [5.41, 5.74) is 8.20. The number of carbonyl (C=O) groups is 2. The second-order valence-electron chi connectivity index (χ2n) is 7.65. The van der Waals surface area contributed by atoms with E-state index >= 15 is 0 Å². The van der Waals surface area contributed by atoms with Crippen molar-refractivity contribution in [2.45, 2.75) is 12.6 Å². The zero-order valence-corrected chi connectivity index (χ0v) is 18.8.